The largest absolute Gasteiger partial charge is 0.451 e. The summed E-state index contributed by atoms with van der Waals surface area (Å²) < 4.78 is 74.4. The van der Waals surface area contributed by atoms with E-state index >= 15 is 0 Å². The number of halogens is 6. The van der Waals surface area contributed by atoms with Crippen LogP contribution in [0.4, 0.5) is 26.3 Å². The minimum atomic E-state index is -4.50. The number of fused-ring (bicyclic) bond motifs is 1. The van der Waals surface area contributed by atoms with Crippen LogP contribution in [0.5, 0.6) is 0 Å². The Labute approximate surface area is 175 Å². The van der Waals surface area contributed by atoms with Crippen molar-refractivity contribution in [2.45, 2.75) is 32.6 Å². The van der Waals surface area contributed by atoms with Crippen LogP contribution in [-0.4, -0.2) is 32.1 Å². The van der Waals surface area contributed by atoms with E-state index in [2.05, 4.69) is 10.2 Å². The molecule has 0 saturated carbocycles. The Morgan fingerprint density at radius 3 is 2.37 bits per heavy atom. The van der Waals surface area contributed by atoms with E-state index in [-0.39, 0.29) is 64.1 Å². The third-order valence-electron chi connectivity index (χ3n) is 3.48. The summed E-state index contributed by atoms with van der Waals surface area (Å²) in [5.74, 6) is -4.06. The van der Waals surface area contributed by atoms with E-state index in [1.807, 2.05) is 6.07 Å². The summed E-state index contributed by atoms with van der Waals surface area (Å²) in [5, 5.41) is 6.63. The SMILES string of the molecule is CCC(=O)N1CCn2c(nnc2C(F)(F)F)C1.Fc1[c-]cc(F)c(F)c1.[Y]. The van der Waals surface area contributed by atoms with E-state index in [0.717, 1.165) is 4.57 Å². The molecule has 27 heavy (non-hydrogen) atoms. The molecule has 3 rings (SSSR count). The summed E-state index contributed by atoms with van der Waals surface area (Å²) in [4.78, 5) is 12.9. The number of amides is 1. The predicted octanol–water partition coefficient (Wildman–Crippen LogP) is 2.95. The topological polar surface area (TPSA) is 51.0 Å². The van der Waals surface area contributed by atoms with Crippen LogP contribution in [0.25, 0.3) is 0 Å². The molecular formula is C15H13F6N4OY-. The van der Waals surface area contributed by atoms with Gasteiger partial charge in [-0.2, -0.15) is 13.2 Å². The Kier molecular flexibility index (Phi) is 8.40. The van der Waals surface area contributed by atoms with Gasteiger partial charge in [-0.1, -0.05) is 13.0 Å². The van der Waals surface area contributed by atoms with E-state index in [9.17, 15) is 31.1 Å². The first-order chi connectivity index (χ1) is 12.1. The van der Waals surface area contributed by atoms with Gasteiger partial charge in [-0.05, 0) is 0 Å². The maximum atomic E-state index is 12.5. The van der Waals surface area contributed by atoms with Crippen molar-refractivity contribution in [2.24, 2.45) is 0 Å². The molecule has 1 aliphatic heterocycles. The molecule has 0 fully saturated rings. The van der Waals surface area contributed by atoms with Gasteiger partial charge in [0.15, 0.2) is 5.82 Å². The maximum absolute atomic E-state index is 12.5. The van der Waals surface area contributed by atoms with Gasteiger partial charge in [0, 0.05) is 63.9 Å². The molecule has 1 aromatic heterocycles. The van der Waals surface area contributed by atoms with Crippen molar-refractivity contribution in [3.05, 3.63) is 47.3 Å². The fourth-order valence-corrected chi connectivity index (χ4v) is 2.23. The van der Waals surface area contributed by atoms with Gasteiger partial charge < -0.3 is 9.47 Å². The first-order valence-electron chi connectivity index (χ1n) is 7.42. The van der Waals surface area contributed by atoms with Gasteiger partial charge in [-0.3, -0.25) is 9.18 Å². The fourth-order valence-electron chi connectivity index (χ4n) is 2.23. The zero-order valence-corrected chi connectivity index (χ0v) is 16.9. The molecule has 0 atom stereocenters. The molecule has 0 aliphatic carbocycles. The van der Waals surface area contributed by atoms with E-state index in [1.165, 1.54) is 4.90 Å². The second kappa shape index (κ2) is 9.63. The number of benzene rings is 1. The van der Waals surface area contributed by atoms with Crippen LogP contribution < -0.4 is 0 Å². The van der Waals surface area contributed by atoms with Crippen molar-refractivity contribution in [2.75, 3.05) is 6.54 Å². The number of aromatic nitrogens is 3. The number of carbonyl (C=O) groups is 1. The van der Waals surface area contributed by atoms with E-state index in [4.69, 9.17) is 0 Å². The molecule has 2 heterocycles. The molecule has 0 bridgehead atoms. The van der Waals surface area contributed by atoms with Gasteiger partial charge in [0.05, 0.1) is 12.4 Å². The van der Waals surface area contributed by atoms with Gasteiger partial charge in [-0.15, -0.1) is 22.3 Å². The molecule has 0 spiro atoms. The summed E-state index contributed by atoms with van der Waals surface area (Å²) in [6, 6.07) is 2.91. The normalized spacial score (nSPS) is 13.2. The minimum absolute atomic E-state index is 0. The molecule has 0 saturated heterocycles. The van der Waals surface area contributed by atoms with Gasteiger partial charge in [0.25, 0.3) is 0 Å². The second-order valence-corrected chi connectivity index (χ2v) is 5.23. The van der Waals surface area contributed by atoms with Gasteiger partial charge in [-0.25, -0.2) is 8.78 Å². The van der Waals surface area contributed by atoms with Crippen molar-refractivity contribution >= 4 is 5.91 Å². The third kappa shape index (κ3) is 6.00. The number of carbonyl (C=O) groups excluding carboxylic acids is 1. The summed E-state index contributed by atoms with van der Waals surface area (Å²) in [6.45, 7) is 2.16. The molecule has 0 N–H and O–H groups in total. The number of alkyl halides is 3. The standard InChI is InChI=1S/C9H11F3N4O.C6H2F3.Y/c1-2-7(17)15-3-4-16-6(5-15)13-14-8(16)9(10,11)12;7-4-1-2-5(8)6(9)3-4;/h2-5H2,1H3;2-3H;/q;-1;. The fraction of sp³-hybridized carbons (Fsp3) is 0.400. The molecule has 145 valence electrons. The Hall–Kier alpha value is -1.49. The summed E-state index contributed by atoms with van der Waals surface area (Å²) in [5.41, 5.74) is 0. The second-order valence-electron chi connectivity index (χ2n) is 5.23. The van der Waals surface area contributed by atoms with Gasteiger partial charge >= 0.3 is 6.18 Å². The number of hydrogen-bond acceptors (Lipinski definition) is 3. The van der Waals surface area contributed by atoms with Crippen molar-refractivity contribution < 1.29 is 63.8 Å². The zero-order chi connectivity index (χ0) is 19.5. The van der Waals surface area contributed by atoms with E-state index in [1.54, 1.807) is 6.92 Å². The quantitative estimate of drug-likeness (QED) is 0.368. The Bertz CT molecular complexity index is 795. The average molecular weight is 468 g/mol. The first kappa shape index (κ1) is 23.6. The van der Waals surface area contributed by atoms with Crippen LogP contribution in [0.15, 0.2) is 12.1 Å². The number of hydrogen-bond donors (Lipinski definition) is 0. The van der Waals surface area contributed by atoms with E-state index < -0.39 is 29.5 Å². The third-order valence-corrected chi connectivity index (χ3v) is 3.48. The number of rotatable bonds is 1. The average Bonchev–Trinajstić information content (AvgIpc) is 3.01. The molecule has 5 nitrogen and oxygen atoms in total. The summed E-state index contributed by atoms with van der Waals surface area (Å²) in [7, 11) is 0. The molecule has 1 radical (unpaired) electrons. The van der Waals surface area contributed by atoms with Crippen molar-refractivity contribution in [3.63, 3.8) is 0 Å². The van der Waals surface area contributed by atoms with Crippen molar-refractivity contribution in [1.82, 2.24) is 19.7 Å². The predicted molar refractivity (Wildman–Crippen MR) is 75.9 cm³/mol. The van der Waals surface area contributed by atoms with Gasteiger partial charge in [0.2, 0.25) is 11.7 Å². The van der Waals surface area contributed by atoms with E-state index in [0.29, 0.717) is 18.6 Å². The molecule has 1 amide bonds. The number of nitrogens with zero attached hydrogens (tertiary/aromatic N) is 4. The molecule has 12 heteroatoms. The molecule has 0 unspecified atom stereocenters. The maximum Gasteiger partial charge on any atom is 0.451 e. The Balaban J connectivity index is 0.000000310. The minimum Gasteiger partial charge on any atom is -0.333 e. The summed E-state index contributed by atoms with van der Waals surface area (Å²) in [6.07, 6.45) is -4.16. The zero-order valence-electron chi connectivity index (χ0n) is 14.0. The Morgan fingerprint density at radius 1 is 1.19 bits per heavy atom. The van der Waals surface area contributed by atoms with Crippen LogP contribution in [0.2, 0.25) is 0 Å². The van der Waals surface area contributed by atoms with Gasteiger partial charge in [0.1, 0.15) is 0 Å². The Morgan fingerprint density at radius 2 is 1.85 bits per heavy atom. The van der Waals surface area contributed by atoms with Crippen molar-refractivity contribution in [1.29, 1.82) is 0 Å². The smallest absolute Gasteiger partial charge is 0.333 e. The van der Waals surface area contributed by atoms with Crippen LogP contribution in [0.3, 0.4) is 0 Å². The molecule has 1 aliphatic rings. The summed E-state index contributed by atoms with van der Waals surface area (Å²) >= 11 is 0. The van der Waals surface area contributed by atoms with Crippen LogP contribution in [0.1, 0.15) is 25.0 Å². The van der Waals surface area contributed by atoms with Crippen molar-refractivity contribution in [3.8, 4) is 0 Å². The molecular weight excluding hydrogens is 455 g/mol. The van der Waals surface area contributed by atoms with Crippen LogP contribution in [0, 0.1) is 23.5 Å². The van der Waals surface area contributed by atoms with Crippen LogP contribution in [-0.2, 0) is 56.8 Å². The first-order valence-corrected chi connectivity index (χ1v) is 7.42. The monoisotopic (exact) mass is 468 g/mol. The van der Waals surface area contributed by atoms with Crippen LogP contribution >= 0.6 is 0 Å². The molecule has 2 aromatic rings. The molecule has 1 aromatic carbocycles.